The zero-order valence-electron chi connectivity index (χ0n) is 12.6. The third kappa shape index (κ3) is 3.23. The summed E-state index contributed by atoms with van der Waals surface area (Å²) in [6.07, 6.45) is 1.67. The van der Waals surface area contributed by atoms with Gasteiger partial charge in [-0.3, -0.25) is 14.6 Å². The van der Waals surface area contributed by atoms with Gasteiger partial charge in [0, 0.05) is 17.8 Å². The highest BCUT2D eigenvalue weighted by molar-refractivity contribution is 5.99. The standard InChI is InChI=1S/C18H15N3O2/c1-13(22)16-11-17(23)21(12-15-9-5-6-10-19-15)20-18(16)14-7-3-2-4-8-14/h2-11H,12H2,1H3. The molecule has 0 saturated heterocycles. The van der Waals surface area contributed by atoms with Gasteiger partial charge in [0.15, 0.2) is 5.78 Å². The van der Waals surface area contributed by atoms with Gasteiger partial charge in [-0.25, -0.2) is 4.68 Å². The molecule has 0 unspecified atom stereocenters. The van der Waals surface area contributed by atoms with E-state index in [9.17, 15) is 9.59 Å². The summed E-state index contributed by atoms with van der Waals surface area (Å²) >= 11 is 0. The van der Waals surface area contributed by atoms with Crippen molar-refractivity contribution in [3.63, 3.8) is 0 Å². The predicted octanol–water partition coefficient (Wildman–Crippen LogP) is 2.56. The molecule has 23 heavy (non-hydrogen) atoms. The minimum atomic E-state index is -0.319. The fourth-order valence-electron chi connectivity index (χ4n) is 2.33. The van der Waals surface area contributed by atoms with Crippen LogP contribution in [-0.2, 0) is 6.54 Å². The van der Waals surface area contributed by atoms with Crippen LogP contribution in [0.25, 0.3) is 11.3 Å². The molecule has 1 aromatic carbocycles. The van der Waals surface area contributed by atoms with E-state index in [0.29, 0.717) is 11.3 Å². The Labute approximate surface area is 133 Å². The van der Waals surface area contributed by atoms with Gasteiger partial charge in [-0.1, -0.05) is 36.4 Å². The predicted molar refractivity (Wildman–Crippen MR) is 87.3 cm³/mol. The molecule has 3 rings (SSSR count). The summed E-state index contributed by atoms with van der Waals surface area (Å²) in [5.41, 5.74) is 2.05. The Bertz CT molecular complexity index is 887. The van der Waals surface area contributed by atoms with Crippen molar-refractivity contribution in [1.29, 1.82) is 0 Å². The zero-order chi connectivity index (χ0) is 16.2. The number of benzene rings is 1. The van der Waals surface area contributed by atoms with Gasteiger partial charge in [-0.15, -0.1) is 0 Å². The van der Waals surface area contributed by atoms with Crippen LogP contribution >= 0.6 is 0 Å². The molecule has 0 N–H and O–H groups in total. The second kappa shape index (κ2) is 6.36. The highest BCUT2D eigenvalue weighted by Gasteiger charge is 2.14. The molecule has 2 heterocycles. The SMILES string of the molecule is CC(=O)c1cc(=O)n(Cc2ccccn2)nc1-c1ccccc1. The van der Waals surface area contributed by atoms with Gasteiger partial charge in [0.1, 0.15) is 5.69 Å². The molecule has 3 aromatic rings. The Kier molecular flexibility index (Phi) is 4.10. The number of carbonyl (C=O) groups excluding carboxylic acids is 1. The highest BCUT2D eigenvalue weighted by atomic mass is 16.1. The van der Waals surface area contributed by atoms with Crippen LogP contribution in [0.3, 0.4) is 0 Å². The van der Waals surface area contributed by atoms with Crippen molar-refractivity contribution in [3.05, 3.63) is 82.4 Å². The van der Waals surface area contributed by atoms with Crippen LogP contribution in [0.1, 0.15) is 23.0 Å². The van der Waals surface area contributed by atoms with E-state index >= 15 is 0 Å². The lowest BCUT2D eigenvalue weighted by Gasteiger charge is -2.10. The first kappa shape index (κ1) is 14.8. The number of pyridine rings is 1. The highest BCUT2D eigenvalue weighted by Crippen LogP contribution is 2.20. The van der Waals surface area contributed by atoms with Crippen LogP contribution in [0.15, 0.2) is 65.6 Å². The van der Waals surface area contributed by atoms with Crippen LogP contribution in [0, 0.1) is 0 Å². The quantitative estimate of drug-likeness (QED) is 0.695. The molecule has 0 spiro atoms. The molecule has 0 radical (unpaired) electrons. The molecule has 0 bridgehead atoms. The van der Waals surface area contributed by atoms with E-state index < -0.39 is 0 Å². The fraction of sp³-hybridized carbons (Fsp3) is 0.111. The maximum Gasteiger partial charge on any atom is 0.267 e. The molecule has 5 nitrogen and oxygen atoms in total. The first-order valence-corrected chi connectivity index (χ1v) is 7.23. The van der Waals surface area contributed by atoms with Gasteiger partial charge in [0.05, 0.1) is 17.8 Å². The number of Topliss-reactive ketones (excluding diaryl/α,β-unsaturated/α-hetero) is 1. The van der Waals surface area contributed by atoms with E-state index in [1.165, 1.54) is 17.7 Å². The maximum absolute atomic E-state index is 12.3. The van der Waals surface area contributed by atoms with E-state index in [-0.39, 0.29) is 17.9 Å². The second-order valence-corrected chi connectivity index (χ2v) is 5.15. The van der Waals surface area contributed by atoms with Crippen molar-refractivity contribution >= 4 is 5.78 Å². The Hall–Kier alpha value is -3.08. The Morgan fingerprint density at radius 3 is 2.48 bits per heavy atom. The van der Waals surface area contributed by atoms with E-state index in [1.807, 2.05) is 48.5 Å². The molecule has 0 saturated carbocycles. The number of ketones is 1. The van der Waals surface area contributed by atoms with Crippen LogP contribution in [0.4, 0.5) is 0 Å². The van der Waals surface area contributed by atoms with Gasteiger partial charge in [-0.2, -0.15) is 5.10 Å². The molecular weight excluding hydrogens is 290 g/mol. The molecular formula is C18H15N3O2. The summed E-state index contributed by atoms with van der Waals surface area (Å²) in [5.74, 6) is -0.182. The van der Waals surface area contributed by atoms with Crippen LogP contribution < -0.4 is 5.56 Å². The number of nitrogens with zero attached hydrogens (tertiary/aromatic N) is 3. The normalized spacial score (nSPS) is 10.5. The monoisotopic (exact) mass is 305 g/mol. The number of carbonyl (C=O) groups is 1. The van der Waals surface area contributed by atoms with Gasteiger partial charge in [-0.05, 0) is 19.1 Å². The zero-order valence-corrected chi connectivity index (χ0v) is 12.6. The van der Waals surface area contributed by atoms with Gasteiger partial charge >= 0.3 is 0 Å². The first-order chi connectivity index (χ1) is 11.1. The molecule has 2 aromatic heterocycles. The van der Waals surface area contributed by atoms with Gasteiger partial charge in [0.2, 0.25) is 0 Å². The lowest BCUT2D eigenvalue weighted by atomic mass is 10.0. The van der Waals surface area contributed by atoms with Gasteiger partial charge in [0.25, 0.3) is 5.56 Å². The minimum Gasteiger partial charge on any atom is -0.294 e. The summed E-state index contributed by atoms with van der Waals surface area (Å²) < 4.78 is 1.33. The average Bonchev–Trinajstić information content (AvgIpc) is 2.58. The van der Waals surface area contributed by atoms with Crippen molar-refractivity contribution in [3.8, 4) is 11.3 Å². The summed E-state index contributed by atoms with van der Waals surface area (Å²) in [7, 11) is 0. The molecule has 0 aliphatic heterocycles. The van der Waals surface area contributed by atoms with E-state index in [2.05, 4.69) is 10.1 Å². The third-order valence-corrected chi connectivity index (χ3v) is 3.46. The molecule has 0 aliphatic carbocycles. The fourth-order valence-corrected chi connectivity index (χ4v) is 2.33. The average molecular weight is 305 g/mol. The van der Waals surface area contributed by atoms with Crippen LogP contribution in [-0.4, -0.2) is 20.5 Å². The number of aromatic nitrogens is 3. The largest absolute Gasteiger partial charge is 0.294 e. The third-order valence-electron chi connectivity index (χ3n) is 3.46. The van der Waals surface area contributed by atoms with Gasteiger partial charge < -0.3 is 0 Å². The lowest BCUT2D eigenvalue weighted by Crippen LogP contribution is -2.25. The van der Waals surface area contributed by atoms with E-state index in [4.69, 9.17) is 0 Å². The molecule has 114 valence electrons. The lowest BCUT2D eigenvalue weighted by molar-refractivity contribution is 0.101. The van der Waals surface area contributed by atoms with Crippen LogP contribution in [0.5, 0.6) is 0 Å². The van der Waals surface area contributed by atoms with E-state index in [0.717, 1.165) is 11.3 Å². The summed E-state index contributed by atoms with van der Waals surface area (Å²) in [4.78, 5) is 28.3. The topological polar surface area (TPSA) is 64.8 Å². The molecule has 0 fully saturated rings. The molecule has 0 aliphatic rings. The maximum atomic E-state index is 12.3. The molecule has 0 amide bonds. The number of hydrogen-bond acceptors (Lipinski definition) is 4. The first-order valence-electron chi connectivity index (χ1n) is 7.23. The number of rotatable bonds is 4. The molecule has 5 heteroatoms. The van der Waals surface area contributed by atoms with Crippen molar-refractivity contribution in [2.24, 2.45) is 0 Å². The van der Waals surface area contributed by atoms with Crippen molar-refractivity contribution < 1.29 is 4.79 Å². The van der Waals surface area contributed by atoms with Crippen LogP contribution in [0.2, 0.25) is 0 Å². The summed E-state index contributed by atoms with van der Waals surface area (Å²) in [6, 6.07) is 16.2. The Morgan fingerprint density at radius 2 is 1.83 bits per heavy atom. The number of hydrogen-bond donors (Lipinski definition) is 0. The van der Waals surface area contributed by atoms with Crippen molar-refractivity contribution in [2.75, 3.05) is 0 Å². The summed E-state index contributed by atoms with van der Waals surface area (Å²) in [6.45, 7) is 1.70. The van der Waals surface area contributed by atoms with Crippen molar-refractivity contribution in [2.45, 2.75) is 13.5 Å². The Balaban J connectivity index is 2.12. The molecule has 0 atom stereocenters. The van der Waals surface area contributed by atoms with Crippen molar-refractivity contribution in [1.82, 2.24) is 14.8 Å². The minimum absolute atomic E-state index is 0.182. The smallest absolute Gasteiger partial charge is 0.267 e. The summed E-state index contributed by atoms with van der Waals surface area (Å²) in [5, 5.41) is 4.40. The van der Waals surface area contributed by atoms with E-state index in [1.54, 1.807) is 6.20 Å². The Morgan fingerprint density at radius 1 is 1.09 bits per heavy atom. The second-order valence-electron chi connectivity index (χ2n) is 5.15.